The van der Waals surface area contributed by atoms with Crippen molar-refractivity contribution in [3.8, 4) is 0 Å². The van der Waals surface area contributed by atoms with Crippen molar-refractivity contribution in [3.05, 3.63) is 0 Å². The molecule has 0 heterocycles. The van der Waals surface area contributed by atoms with E-state index in [1.165, 1.54) is 12.8 Å². The molecule has 1 unspecified atom stereocenters. The van der Waals surface area contributed by atoms with Gasteiger partial charge >= 0.3 is 0 Å². The van der Waals surface area contributed by atoms with Gasteiger partial charge in [-0.1, -0.05) is 26.2 Å². The van der Waals surface area contributed by atoms with E-state index in [-0.39, 0.29) is 11.6 Å². The lowest BCUT2D eigenvalue weighted by molar-refractivity contribution is -0.110. The average molecular weight is 185 g/mol. The highest BCUT2D eigenvalue weighted by Crippen LogP contribution is 2.06. The van der Waals surface area contributed by atoms with Crippen LogP contribution in [0.2, 0.25) is 0 Å². The predicted molar refractivity (Wildman–Crippen MR) is 56.9 cm³/mol. The molecule has 0 aliphatic carbocycles. The molecule has 2 heteroatoms. The first kappa shape index (κ1) is 12.6. The van der Waals surface area contributed by atoms with Crippen molar-refractivity contribution in [2.24, 2.45) is 0 Å². The summed E-state index contributed by atoms with van der Waals surface area (Å²) in [5.41, 5.74) is 0.0395. The largest absolute Gasteiger partial charge is 0.303 e. The highest BCUT2D eigenvalue weighted by molar-refractivity contribution is 5.57. The minimum Gasteiger partial charge on any atom is -0.303 e. The Kier molecular flexibility index (Phi) is 5.97. The molecule has 0 saturated heterocycles. The summed E-state index contributed by atoms with van der Waals surface area (Å²) in [7, 11) is 0. The van der Waals surface area contributed by atoms with E-state index >= 15 is 0 Å². The smallest absolute Gasteiger partial charge is 0.136 e. The first-order valence-corrected chi connectivity index (χ1v) is 5.22. The summed E-state index contributed by atoms with van der Waals surface area (Å²) < 4.78 is 0. The monoisotopic (exact) mass is 185 g/mol. The van der Waals surface area contributed by atoms with Crippen molar-refractivity contribution >= 4 is 6.29 Å². The summed E-state index contributed by atoms with van der Waals surface area (Å²) in [5, 5.41) is 3.30. The second-order valence-corrected chi connectivity index (χ2v) is 4.63. The van der Waals surface area contributed by atoms with Crippen molar-refractivity contribution in [2.45, 2.75) is 65.0 Å². The van der Waals surface area contributed by atoms with Gasteiger partial charge in [-0.2, -0.15) is 0 Å². The Labute approximate surface area is 82.1 Å². The highest BCUT2D eigenvalue weighted by atomic mass is 16.1. The number of carbonyl (C=O) groups excluding carboxylic acids is 1. The summed E-state index contributed by atoms with van der Waals surface area (Å²) in [6, 6.07) is 0.0338. The summed E-state index contributed by atoms with van der Waals surface area (Å²) >= 11 is 0. The van der Waals surface area contributed by atoms with E-state index in [9.17, 15) is 4.79 Å². The quantitative estimate of drug-likeness (QED) is 0.509. The van der Waals surface area contributed by atoms with Crippen LogP contribution in [0.1, 0.15) is 53.4 Å². The van der Waals surface area contributed by atoms with Gasteiger partial charge in [-0.15, -0.1) is 0 Å². The van der Waals surface area contributed by atoms with E-state index in [4.69, 9.17) is 0 Å². The van der Waals surface area contributed by atoms with Crippen molar-refractivity contribution in [1.82, 2.24) is 5.32 Å². The van der Waals surface area contributed by atoms with Crippen LogP contribution in [-0.4, -0.2) is 17.9 Å². The molecule has 0 aliphatic heterocycles. The van der Waals surface area contributed by atoms with Gasteiger partial charge in [-0.05, 0) is 27.2 Å². The van der Waals surface area contributed by atoms with Crippen molar-refractivity contribution < 1.29 is 4.79 Å². The lowest BCUT2D eigenvalue weighted by Crippen LogP contribution is -2.44. The lowest BCUT2D eigenvalue weighted by atomic mass is 10.0. The van der Waals surface area contributed by atoms with Crippen molar-refractivity contribution in [1.29, 1.82) is 0 Å². The molecule has 0 rings (SSSR count). The van der Waals surface area contributed by atoms with Crippen LogP contribution in [-0.2, 0) is 4.79 Å². The zero-order valence-corrected chi connectivity index (χ0v) is 9.39. The number of carbonyl (C=O) groups is 1. The van der Waals surface area contributed by atoms with Crippen LogP contribution in [0.5, 0.6) is 0 Å². The molecule has 1 atom stereocenters. The van der Waals surface area contributed by atoms with Gasteiger partial charge in [0.2, 0.25) is 0 Å². The molecule has 78 valence electrons. The van der Waals surface area contributed by atoms with E-state index in [2.05, 4.69) is 33.0 Å². The van der Waals surface area contributed by atoms with Gasteiger partial charge in [0.05, 0.1) is 6.04 Å². The van der Waals surface area contributed by atoms with E-state index in [1.54, 1.807) is 0 Å². The third kappa shape index (κ3) is 7.97. The number of nitrogens with one attached hydrogen (secondary N) is 1. The number of aldehydes is 1. The third-order valence-electron chi connectivity index (χ3n) is 1.90. The highest BCUT2D eigenvalue weighted by Gasteiger charge is 2.15. The van der Waals surface area contributed by atoms with Crippen LogP contribution < -0.4 is 5.32 Å². The molecule has 0 spiro atoms. The van der Waals surface area contributed by atoms with Crippen LogP contribution in [0.3, 0.4) is 0 Å². The Hall–Kier alpha value is -0.370. The number of unbranched alkanes of at least 4 members (excludes halogenated alkanes) is 2. The standard InChI is InChI=1S/C11H23NO/c1-5-6-7-8-10(9-13)12-11(2,3)4/h9-10,12H,5-8H2,1-4H3. The maximum Gasteiger partial charge on any atom is 0.136 e. The van der Waals surface area contributed by atoms with E-state index < -0.39 is 0 Å². The van der Waals surface area contributed by atoms with Crippen LogP contribution in [0, 0.1) is 0 Å². The van der Waals surface area contributed by atoms with Crippen molar-refractivity contribution in [3.63, 3.8) is 0 Å². The Morgan fingerprint density at radius 2 is 1.92 bits per heavy atom. The van der Waals surface area contributed by atoms with Gasteiger partial charge in [0.1, 0.15) is 6.29 Å². The molecule has 0 bridgehead atoms. The minimum atomic E-state index is 0.0338. The van der Waals surface area contributed by atoms with Gasteiger partial charge in [-0.3, -0.25) is 0 Å². The molecule has 0 amide bonds. The minimum absolute atomic E-state index is 0.0338. The molecular weight excluding hydrogens is 162 g/mol. The molecule has 0 fully saturated rings. The Balaban J connectivity index is 3.70. The Morgan fingerprint density at radius 3 is 2.31 bits per heavy atom. The Bertz CT molecular complexity index is 138. The molecule has 13 heavy (non-hydrogen) atoms. The van der Waals surface area contributed by atoms with E-state index in [0.717, 1.165) is 19.1 Å². The fraction of sp³-hybridized carbons (Fsp3) is 0.909. The molecule has 0 aromatic heterocycles. The molecule has 0 aromatic rings. The summed E-state index contributed by atoms with van der Waals surface area (Å²) in [6.45, 7) is 8.43. The SMILES string of the molecule is CCCCCC(C=O)NC(C)(C)C. The normalized spacial score (nSPS) is 14.2. The maximum atomic E-state index is 10.7. The fourth-order valence-corrected chi connectivity index (χ4v) is 1.34. The zero-order valence-electron chi connectivity index (χ0n) is 9.39. The number of hydrogen-bond acceptors (Lipinski definition) is 2. The van der Waals surface area contributed by atoms with Gasteiger partial charge in [-0.25, -0.2) is 0 Å². The number of hydrogen-bond donors (Lipinski definition) is 1. The second-order valence-electron chi connectivity index (χ2n) is 4.63. The molecule has 1 N–H and O–H groups in total. The molecular formula is C11H23NO. The van der Waals surface area contributed by atoms with Crippen LogP contribution in [0.4, 0.5) is 0 Å². The van der Waals surface area contributed by atoms with Crippen molar-refractivity contribution in [2.75, 3.05) is 0 Å². The zero-order chi connectivity index (χ0) is 10.3. The fourth-order valence-electron chi connectivity index (χ4n) is 1.34. The Morgan fingerprint density at radius 1 is 1.31 bits per heavy atom. The summed E-state index contributed by atoms with van der Waals surface area (Å²) in [5.74, 6) is 0. The topological polar surface area (TPSA) is 29.1 Å². The molecule has 0 aromatic carbocycles. The first-order valence-electron chi connectivity index (χ1n) is 5.22. The summed E-state index contributed by atoms with van der Waals surface area (Å²) in [4.78, 5) is 10.7. The second kappa shape index (κ2) is 6.14. The third-order valence-corrected chi connectivity index (χ3v) is 1.90. The molecule has 0 radical (unpaired) electrons. The molecule has 2 nitrogen and oxygen atoms in total. The van der Waals surface area contributed by atoms with Gasteiger partial charge in [0.25, 0.3) is 0 Å². The van der Waals surface area contributed by atoms with Gasteiger partial charge in [0.15, 0.2) is 0 Å². The van der Waals surface area contributed by atoms with Crippen LogP contribution in [0.25, 0.3) is 0 Å². The van der Waals surface area contributed by atoms with Gasteiger partial charge < -0.3 is 10.1 Å². The summed E-state index contributed by atoms with van der Waals surface area (Å²) in [6.07, 6.45) is 5.57. The lowest BCUT2D eigenvalue weighted by Gasteiger charge is -2.25. The average Bonchev–Trinajstić information content (AvgIpc) is 2.01. The van der Waals surface area contributed by atoms with Crippen LogP contribution in [0.15, 0.2) is 0 Å². The number of rotatable bonds is 6. The van der Waals surface area contributed by atoms with E-state index in [1.807, 2.05) is 0 Å². The first-order chi connectivity index (χ1) is 5.99. The predicted octanol–water partition coefficient (Wildman–Crippen LogP) is 2.52. The van der Waals surface area contributed by atoms with Gasteiger partial charge in [0, 0.05) is 5.54 Å². The maximum absolute atomic E-state index is 10.7. The van der Waals surface area contributed by atoms with E-state index in [0.29, 0.717) is 0 Å². The van der Waals surface area contributed by atoms with Crippen LogP contribution >= 0.6 is 0 Å². The molecule has 0 aliphatic rings. The molecule has 0 saturated carbocycles.